The van der Waals surface area contributed by atoms with Crippen LogP contribution in [0.2, 0.25) is 4.34 Å². The molecule has 4 nitrogen and oxygen atoms in total. The van der Waals surface area contributed by atoms with Crippen molar-refractivity contribution in [1.29, 1.82) is 0 Å². The van der Waals surface area contributed by atoms with Crippen LogP contribution in [0.4, 0.5) is 0 Å². The molecule has 0 aliphatic carbocycles. The van der Waals surface area contributed by atoms with Crippen LogP contribution >= 0.6 is 22.9 Å². The molecule has 0 fully saturated rings. The molecule has 58 valence electrons. The Labute approximate surface area is 71.3 Å². The molecule has 0 aromatic carbocycles. The Morgan fingerprint density at radius 2 is 2.55 bits per heavy atom. The van der Waals surface area contributed by atoms with Crippen LogP contribution in [0.1, 0.15) is 5.01 Å². The first-order valence-electron chi connectivity index (χ1n) is 2.61. The molecule has 0 bridgehead atoms. The molecular formula is C5H3ClN2O2S. The summed E-state index contributed by atoms with van der Waals surface area (Å²) >= 11 is 6.72. The van der Waals surface area contributed by atoms with E-state index < -0.39 is 4.92 Å². The maximum absolute atomic E-state index is 9.84. The predicted octanol–water partition coefficient (Wildman–Crippen LogP) is 2.04. The Balaban J connectivity index is 2.71. The maximum atomic E-state index is 9.84. The fourth-order valence-corrected chi connectivity index (χ4v) is 1.29. The third-order valence-electron chi connectivity index (χ3n) is 0.834. The molecule has 0 saturated heterocycles. The van der Waals surface area contributed by atoms with Crippen molar-refractivity contribution in [2.24, 2.45) is 0 Å². The summed E-state index contributed by atoms with van der Waals surface area (Å²) in [6.45, 7) is 0. The fraction of sp³-hybridized carbons (Fsp3) is 0. The van der Waals surface area contributed by atoms with Crippen molar-refractivity contribution >= 4 is 29.0 Å². The molecule has 11 heavy (non-hydrogen) atoms. The summed E-state index contributed by atoms with van der Waals surface area (Å²) in [5.74, 6) is 0. The van der Waals surface area contributed by atoms with Crippen molar-refractivity contribution in [3.05, 3.63) is 31.9 Å². The molecule has 0 aliphatic heterocycles. The van der Waals surface area contributed by atoms with Gasteiger partial charge in [0.25, 0.3) is 0 Å². The van der Waals surface area contributed by atoms with Crippen LogP contribution < -0.4 is 0 Å². The van der Waals surface area contributed by atoms with Crippen molar-refractivity contribution in [2.45, 2.75) is 0 Å². The highest BCUT2D eigenvalue weighted by atomic mass is 35.5. The van der Waals surface area contributed by atoms with Gasteiger partial charge in [-0.15, -0.1) is 11.3 Å². The number of hydrogen-bond acceptors (Lipinski definition) is 4. The molecule has 0 amide bonds. The lowest BCUT2D eigenvalue weighted by atomic mass is 10.6. The molecule has 0 N–H and O–H groups in total. The van der Waals surface area contributed by atoms with E-state index in [-0.39, 0.29) is 0 Å². The van der Waals surface area contributed by atoms with E-state index in [1.807, 2.05) is 0 Å². The van der Waals surface area contributed by atoms with Gasteiger partial charge in [-0.05, 0) is 0 Å². The van der Waals surface area contributed by atoms with Crippen molar-refractivity contribution in [3.63, 3.8) is 0 Å². The highest BCUT2D eigenvalue weighted by Crippen LogP contribution is 2.18. The van der Waals surface area contributed by atoms with Gasteiger partial charge in [0.15, 0.2) is 0 Å². The largest absolute Gasteiger partial charge is 0.259 e. The highest BCUT2D eigenvalue weighted by molar-refractivity contribution is 7.16. The van der Waals surface area contributed by atoms with Crippen molar-refractivity contribution < 1.29 is 4.92 Å². The zero-order valence-corrected chi connectivity index (χ0v) is 6.80. The summed E-state index contributed by atoms with van der Waals surface area (Å²) in [4.78, 5) is 13.1. The van der Waals surface area contributed by atoms with Gasteiger partial charge in [-0.1, -0.05) is 11.6 Å². The summed E-state index contributed by atoms with van der Waals surface area (Å²) in [6.07, 6.45) is 3.58. The molecular weight excluding hydrogens is 188 g/mol. The second kappa shape index (κ2) is 3.45. The van der Waals surface area contributed by atoms with Gasteiger partial charge in [0.1, 0.15) is 9.34 Å². The van der Waals surface area contributed by atoms with Gasteiger partial charge in [0.2, 0.25) is 6.20 Å². The lowest BCUT2D eigenvalue weighted by Crippen LogP contribution is -1.81. The number of hydrogen-bond donors (Lipinski definition) is 0. The lowest BCUT2D eigenvalue weighted by molar-refractivity contribution is -0.400. The Morgan fingerprint density at radius 1 is 1.82 bits per heavy atom. The molecule has 0 unspecified atom stereocenters. The van der Waals surface area contributed by atoms with Gasteiger partial charge in [-0.3, -0.25) is 10.1 Å². The monoisotopic (exact) mass is 190 g/mol. The van der Waals surface area contributed by atoms with Crippen LogP contribution in [0.15, 0.2) is 12.4 Å². The second-order valence-corrected chi connectivity index (χ2v) is 3.30. The molecule has 6 heteroatoms. The smallest absolute Gasteiger partial charge is 0.237 e. The summed E-state index contributed by atoms with van der Waals surface area (Å²) in [5.41, 5.74) is 0. The third-order valence-corrected chi connectivity index (χ3v) is 1.91. The number of thiazole rings is 1. The van der Waals surface area contributed by atoms with E-state index >= 15 is 0 Å². The minimum atomic E-state index is -0.546. The van der Waals surface area contributed by atoms with Crippen molar-refractivity contribution in [2.75, 3.05) is 0 Å². The maximum Gasteiger partial charge on any atom is 0.237 e. The molecule has 1 heterocycles. The Kier molecular flexibility index (Phi) is 2.56. The number of nitro groups is 1. The van der Waals surface area contributed by atoms with Crippen LogP contribution in [0.5, 0.6) is 0 Å². The highest BCUT2D eigenvalue weighted by Gasteiger charge is 1.95. The Bertz CT molecular complexity index is 296. The van der Waals surface area contributed by atoms with Crippen LogP contribution in [0, 0.1) is 10.1 Å². The molecule has 0 radical (unpaired) electrons. The first-order valence-corrected chi connectivity index (χ1v) is 3.81. The van der Waals surface area contributed by atoms with Gasteiger partial charge in [0, 0.05) is 6.08 Å². The number of rotatable bonds is 2. The Hall–Kier alpha value is -0.940. The molecule has 1 aromatic rings. The standard InChI is InChI=1S/C5H3ClN2O2S/c6-4-3-7-5(11-4)1-2-8(9)10/h1-3H/b2-1+. The van der Waals surface area contributed by atoms with Crippen molar-refractivity contribution in [1.82, 2.24) is 4.98 Å². The first kappa shape index (κ1) is 8.16. The minimum Gasteiger partial charge on any atom is -0.259 e. The first-order chi connectivity index (χ1) is 5.18. The number of halogens is 1. The zero-order chi connectivity index (χ0) is 8.27. The van der Waals surface area contributed by atoms with E-state index in [2.05, 4.69) is 4.98 Å². The van der Waals surface area contributed by atoms with Gasteiger partial charge < -0.3 is 0 Å². The Morgan fingerprint density at radius 3 is 3.00 bits per heavy atom. The number of aromatic nitrogens is 1. The molecule has 0 atom stereocenters. The quantitative estimate of drug-likeness (QED) is 0.530. The summed E-state index contributed by atoms with van der Waals surface area (Å²) in [6, 6.07) is 0. The number of nitrogens with zero attached hydrogens (tertiary/aromatic N) is 2. The van der Waals surface area contributed by atoms with E-state index in [1.54, 1.807) is 0 Å². The SMILES string of the molecule is O=[N+]([O-])/C=C/c1ncc(Cl)s1. The lowest BCUT2D eigenvalue weighted by Gasteiger charge is -1.76. The van der Waals surface area contributed by atoms with Crippen LogP contribution in [-0.2, 0) is 0 Å². The van der Waals surface area contributed by atoms with E-state index in [0.717, 1.165) is 6.20 Å². The topological polar surface area (TPSA) is 56.0 Å². The van der Waals surface area contributed by atoms with Crippen molar-refractivity contribution in [3.8, 4) is 0 Å². The normalized spacial score (nSPS) is 10.6. The molecule has 1 rings (SSSR count). The average molecular weight is 191 g/mol. The zero-order valence-electron chi connectivity index (χ0n) is 5.23. The van der Waals surface area contributed by atoms with E-state index in [0.29, 0.717) is 9.34 Å². The van der Waals surface area contributed by atoms with E-state index in [9.17, 15) is 10.1 Å². The summed E-state index contributed by atoms with van der Waals surface area (Å²) < 4.78 is 0.521. The average Bonchev–Trinajstić information content (AvgIpc) is 2.31. The molecule has 0 aliphatic rings. The third kappa shape index (κ3) is 2.65. The van der Waals surface area contributed by atoms with Gasteiger partial charge >= 0.3 is 0 Å². The van der Waals surface area contributed by atoms with Crippen LogP contribution in [0.25, 0.3) is 6.08 Å². The molecule has 0 spiro atoms. The minimum absolute atomic E-state index is 0.521. The van der Waals surface area contributed by atoms with E-state index in [4.69, 9.17) is 11.6 Å². The summed E-state index contributed by atoms with van der Waals surface area (Å²) in [7, 11) is 0. The fourth-order valence-electron chi connectivity index (χ4n) is 0.469. The van der Waals surface area contributed by atoms with Gasteiger partial charge in [-0.25, -0.2) is 4.98 Å². The second-order valence-electron chi connectivity index (χ2n) is 1.60. The van der Waals surface area contributed by atoms with Crippen LogP contribution in [-0.4, -0.2) is 9.91 Å². The summed E-state index contributed by atoms with van der Waals surface area (Å²) in [5, 5.41) is 10.4. The van der Waals surface area contributed by atoms with Crippen LogP contribution in [0.3, 0.4) is 0 Å². The van der Waals surface area contributed by atoms with E-state index in [1.165, 1.54) is 23.6 Å². The van der Waals surface area contributed by atoms with Gasteiger partial charge in [0.05, 0.1) is 11.1 Å². The molecule has 1 aromatic heterocycles. The predicted molar refractivity (Wildman–Crippen MR) is 43.2 cm³/mol. The molecule has 0 saturated carbocycles. The van der Waals surface area contributed by atoms with Gasteiger partial charge in [-0.2, -0.15) is 0 Å².